The number of likely N-dealkylation sites (N-methyl/N-ethyl adjacent to an activating group) is 1. The van der Waals surface area contributed by atoms with Gasteiger partial charge in [-0.2, -0.15) is 0 Å². The minimum atomic E-state index is -0.272. The van der Waals surface area contributed by atoms with Crippen molar-refractivity contribution in [3.05, 3.63) is 28.2 Å². The van der Waals surface area contributed by atoms with E-state index < -0.39 is 0 Å². The molecule has 0 aromatic heterocycles. The lowest BCUT2D eigenvalue weighted by molar-refractivity contribution is -0.131. The molecule has 0 spiro atoms. The summed E-state index contributed by atoms with van der Waals surface area (Å²) < 4.78 is 5.82. The van der Waals surface area contributed by atoms with Gasteiger partial charge >= 0.3 is 0 Å². The van der Waals surface area contributed by atoms with Crippen LogP contribution in [-0.2, 0) is 4.79 Å². The molecule has 22 heavy (non-hydrogen) atoms. The first-order valence-corrected chi connectivity index (χ1v) is 7.88. The molecule has 1 aliphatic heterocycles. The van der Waals surface area contributed by atoms with Crippen LogP contribution in [0.4, 0.5) is 0 Å². The Kier molecular flexibility index (Phi) is 5.79. The maximum Gasteiger partial charge on any atom is 0.251 e. The zero-order chi connectivity index (χ0) is 16.1. The van der Waals surface area contributed by atoms with Crippen LogP contribution < -0.4 is 10.1 Å². The molecule has 1 aromatic carbocycles. The van der Waals surface area contributed by atoms with E-state index >= 15 is 0 Å². The monoisotopic (exact) mass is 369 g/mol. The molecule has 0 atom stereocenters. The van der Waals surface area contributed by atoms with Crippen molar-refractivity contribution in [1.29, 1.82) is 0 Å². The highest BCUT2D eigenvalue weighted by atomic mass is 79.9. The number of piperazine rings is 1. The van der Waals surface area contributed by atoms with Gasteiger partial charge in [0.15, 0.2) is 0 Å². The van der Waals surface area contributed by atoms with Gasteiger partial charge in [-0.25, -0.2) is 0 Å². The molecular weight excluding hydrogens is 350 g/mol. The van der Waals surface area contributed by atoms with Crippen LogP contribution in [0.5, 0.6) is 5.75 Å². The summed E-state index contributed by atoms with van der Waals surface area (Å²) in [6.07, 6.45) is 0. The van der Waals surface area contributed by atoms with Gasteiger partial charge in [0.25, 0.3) is 5.91 Å². The normalized spacial score (nSPS) is 15.5. The number of benzene rings is 1. The predicted molar refractivity (Wildman–Crippen MR) is 87.1 cm³/mol. The molecule has 1 saturated heterocycles. The number of hydrogen-bond acceptors (Lipinski definition) is 4. The summed E-state index contributed by atoms with van der Waals surface area (Å²) in [5.74, 6) is 0.338. The molecule has 120 valence electrons. The first kappa shape index (κ1) is 16.8. The summed E-state index contributed by atoms with van der Waals surface area (Å²) in [6.45, 7) is 3.17. The average molecular weight is 370 g/mol. The first-order valence-electron chi connectivity index (χ1n) is 7.09. The largest absolute Gasteiger partial charge is 0.496 e. The number of halogens is 1. The number of ether oxygens (including phenoxy) is 1. The summed E-state index contributed by atoms with van der Waals surface area (Å²) in [5.41, 5.74) is 0.485. The van der Waals surface area contributed by atoms with E-state index in [1.807, 2.05) is 7.05 Å². The fraction of sp³-hybridized carbons (Fsp3) is 0.467. The van der Waals surface area contributed by atoms with E-state index in [-0.39, 0.29) is 18.4 Å². The lowest BCUT2D eigenvalue weighted by Gasteiger charge is -2.32. The fourth-order valence-electron chi connectivity index (χ4n) is 2.23. The number of amides is 2. The molecule has 0 radical (unpaired) electrons. The van der Waals surface area contributed by atoms with Crippen molar-refractivity contribution < 1.29 is 14.3 Å². The fourth-order valence-corrected chi connectivity index (χ4v) is 2.77. The molecule has 1 aromatic rings. The molecule has 1 heterocycles. The zero-order valence-corrected chi connectivity index (χ0v) is 14.4. The van der Waals surface area contributed by atoms with Crippen LogP contribution in [-0.4, -0.2) is 68.5 Å². The molecule has 0 saturated carbocycles. The van der Waals surface area contributed by atoms with E-state index in [1.165, 1.54) is 0 Å². The minimum absolute atomic E-state index is 0.0200. The Hall–Kier alpha value is -1.60. The Labute approximate surface area is 138 Å². The minimum Gasteiger partial charge on any atom is -0.496 e. The second-order valence-corrected chi connectivity index (χ2v) is 6.07. The van der Waals surface area contributed by atoms with Crippen molar-refractivity contribution in [2.45, 2.75) is 0 Å². The van der Waals surface area contributed by atoms with Crippen molar-refractivity contribution in [2.75, 3.05) is 46.9 Å². The van der Waals surface area contributed by atoms with Gasteiger partial charge < -0.3 is 19.9 Å². The first-order chi connectivity index (χ1) is 10.5. The highest BCUT2D eigenvalue weighted by molar-refractivity contribution is 9.10. The van der Waals surface area contributed by atoms with Gasteiger partial charge in [0.05, 0.1) is 18.1 Å². The topological polar surface area (TPSA) is 61.9 Å². The number of carbonyl (C=O) groups excluding carboxylic acids is 2. The molecule has 0 unspecified atom stereocenters. The summed E-state index contributed by atoms with van der Waals surface area (Å²) in [7, 11) is 3.60. The van der Waals surface area contributed by atoms with Gasteiger partial charge in [-0.1, -0.05) is 0 Å². The predicted octanol–water partition coefficient (Wildman–Crippen LogP) is 0.961. The zero-order valence-electron chi connectivity index (χ0n) is 12.8. The van der Waals surface area contributed by atoms with Crippen molar-refractivity contribution in [3.63, 3.8) is 0 Å². The van der Waals surface area contributed by atoms with Crippen LogP contribution in [0.25, 0.3) is 0 Å². The van der Waals surface area contributed by atoms with E-state index in [2.05, 4.69) is 26.1 Å². The van der Waals surface area contributed by atoms with Crippen LogP contribution in [0.1, 0.15) is 10.4 Å². The molecule has 7 heteroatoms. The van der Waals surface area contributed by atoms with Crippen LogP contribution in [0.2, 0.25) is 0 Å². The second-order valence-electron chi connectivity index (χ2n) is 5.22. The Bertz CT molecular complexity index is 557. The number of carbonyl (C=O) groups is 2. The maximum absolute atomic E-state index is 12.1. The third-order valence-electron chi connectivity index (χ3n) is 3.67. The second kappa shape index (κ2) is 7.60. The Morgan fingerprint density at radius 2 is 1.95 bits per heavy atom. The SMILES string of the molecule is COc1ccc(C(=O)NCC(=O)N2CCN(C)CC2)cc1Br. The molecule has 0 aliphatic carbocycles. The van der Waals surface area contributed by atoms with E-state index in [0.29, 0.717) is 28.9 Å². The van der Waals surface area contributed by atoms with Gasteiger partial charge in [0, 0.05) is 31.7 Å². The van der Waals surface area contributed by atoms with Gasteiger partial charge in [-0.3, -0.25) is 9.59 Å². The third-order valence-corrected chi connectivity index (χ3v) is 4.29. The molecule has 2 amide bonds. The highest BCUT2D eigenvalue weighted by Crippen LogP contribution is 2.25. The number of hydrogen-bond donors (Lipinski definition) is 1. The summed E-state index contributed by atoms with van der Waals surface area (Å²) in [4.78, 5) is 28.1. The van der Waals surface area contributed by atoms with Crippen LogP contribution >= 0.6 is 15.9 Å². The van der Waals surface area contributed by atoms with Gasteiger partial charge in [-0.05, 0) is 41.2 Å². The molecule has 2 rings (SSSR count). The van der Waals surface area contributed by atoms with E-state index in [4.69, 9.17) is 4.74 Å². The van der Waals surface area contributed by atoms with E-state index in [9.17, 15) is 9.59 Å². The lowest BCUT2D eigenvalue weighted by atomic mass is 10.2. The lowest BCUT2D eigenvalue weighted by Crippen LogP contribution is -2.50. The quantitative estimate of drug-likeness (QED) is 0.858. The number of nitrogens with one attached hydrogen (secondary N) is 1. The van der Waals surface area contributed by atoms with E-state index in [0.717, 1.165) is 13.1 Å². The average Bonchev–Trinajstić information content (AvgIpc) is 2.52. The van der Waals surface area contributed by atoms with Crippen LogP contribution in [0.3, 0.4) is 0 Å². The van der Waals surface area contributed by atoms with Gasteiger partial charge in [-0.15, -0.1) is 0 Å². The van der Waals surface area contributed by atoms with Crippen molar-refractivity contribution in [3.8, 4) is 5.75 Å². The molecule has 0 bridgehead atoms. The van der Waals surface area contributed by atoms with Gasteiger partial charge in [0.1, 0.15) is 5.75 Å². The molecule has 1 N–H and O–H groups in total. The van der Waals surface area contributed by atoms with Crippen molar-refractivity contribution >= 4 is 27.7 Å². The Morgan fingerprint density at radius 3 is 2.55 bits per heavy atom. The Morgan fingerprint density at radius 1 is 1.27 bits per heavy atom. The van der Waals surface area contributed by atoms with Crippen molar-refractivity contribution in [1.82, 2.24) is 15.1 Å². The van der Waals surface area contributed by atoms with Gasteiger partial charge in [0.2, 0.25) is 5.91 Å². The maximum atomic E-state index is 12.1. The van der Waals surface area contributed by atoms with Crippen molar-refractivity contribution in [2.24, 2.45) is 0 Å². The number of nitrogens with zero attached hydrogens (tertiary/aromatic N) is 2. The summed E-state index contributed by atoms with van der Waals surface area (Å²) >= 11 is 3.34. The molecule has 1 aliphatic rings. The molecule has 6 nitrogen and oxygen atoms in total. The third kappa shape index (κ3) is 4.20. The highest BCUT2D eigenvalue weighted by Gasteiger charge is 2.19. The van der Waals surface area contributed by atoms with E-state index in [1.54, 1.807) is 30.2 Å². The molecular formula is C15H20BrN3O3. The molecule has 1 fully saturated rings. The van der Waals surface area contributed by atoms with Crippen LogP contribution in [0.15, 0.2) is 22.7 Å². The standard InChI is InChI=1S/C15H20BrN3O3/c1-18-5-7-19(8-6-18)14(20)10-17-15(21)11-3-4-13(22-2)12(16)9-11/h3-4,9H,5-8,10H2,1-2H3,(H,17,21). The summed E-state index contributed by atoms with van der Waals surface area (Å²) in [5, 5.41) is 2.67. The summed E-state index contributed by atoms with van der Waals surface area (Å²) in [6, 6.07) is 5.05. The smallest absolute Gasteiger partial charge is 0.251 e. The Balaban J connectivity index is 1.87. The number of rotatable bonds is 4. The number of methoxy groups -OCH3 is 1. The van der Waals surface area contributed by atoms with Crippen LogP contribution in [0, 0.1) is 0 Å².